The van der Waals surface area contributed by atoms with E-state index in [2.05, 4.69) is 30.1 Å². The molecule has 0 aliphatic rings. The molecule has 1 aromatic carbocycles. The number of aliphatic hydroxyl groups is 1. The Labute approximate surface area is 99.6 Å². The lowest BCUT2D eigenvalue weighted by Gasteiger charge is -1.99. The Balaban J connectivity index is 2.45. The van der Waals surface area contributed by atoms with Crippen molar-refractivity contribution in [1.29, 1.82) is 0 Å². The number of aromatic nitrogens is 1. The van der Waals surface area contributed by atoms with E-state index in [-0.39, 0.29) is 0 Å². The van der Waals surface area contributed by atoms with Crippen LogP contribution in [0.2, 0.25) is 0 Å². The second-order valence-corrected chi connectivity index (χ2v) is 5.04. The van der Waals surface area contributed by atoms with Crippen molar-refractivity contribution in [3.63, 3.8) is 0 Å². The largest absolute Gasteiger partial charge is 0.388 e. The molecule has 84 valence electrons. The van der Waals surface area contributed by atoms with Crippen LogP contribution in [-0.2, 0) is 0 Å². The number of hydrogen-bond acceptors (Lipinski definition) is 3. The Morgan fingerprint density at radius 2 is 2.06 bits per heavy atom. The van der Waals surface area contributed by atoms with E-state index >= 15 is 0 Å². The molecule has 0 aliphatic heterocycles. The van der Waals surface area contributed by atoms with Gasteiger partial charge in [0.1, 0.15) is 5.01 Å². The van der Waals surface area contributed by atoms with Gasteiger partial charge in [-0.3, -0.25) is 0 Å². The Morgan fingerprint density at radius 1 is 1.31 bits per heavy atom. The van der Waals surface area contributed by atoms with Gasteiger partial charge in [-0.15, -0.1) is 11.3 Å². The van der Waals surface area contributed by atoms with Gasteiger partial charge in [-0.1, -0.05) is 23.8 Å². The molecule has 0 spiro atoms. The summed E-state index contributed by atoms with van der Waals surface area (Å²) in [5.41, 5.74) is 3.28. The number of benzene rings is 1. The molecule has 2 rings (SSSR count). The molecular formula is C13H15NOS. The smallest absolute Gasteiger partial charge is 0.123 e. The maximum atomic E-state index is 9.59. The molecule has 2 nitrogen and oxygen atoms in total. The van der Waals surface area contributed by atoms with E-state index in [4.69, 9.17) is 0 Å². The zero-order valence-corrected chi connectivity index (χ0v) is 10.5. The summed E-state index contributed by atoms with van der Waals surface area (Å²) >= 11 is 1.57. The Kier molecular flexibility index (Phi) is 3.08. The van der Waals surface area contributed by atoms with Crippen molar-refractivity contribution in [3.8, 4) is 10.6 Å². The highest BCUT2D eigenvalue weighted by Gasteiger charge is 2.12. The first-order valence-electron chi connectivity index (χ1n) is 5.30. The third kappa shape index (κ3) is 2.15. The highest BCUT2D eigenvalue weighted by Crippen LogP contribution is 2.31. The molecule has 1 N–H and O–H groups in total. The Bertz CT molecular complexity index is 502. The van der Waals surface area contributed by atoms with Gasteiger partial charge in [0.05, 0.1) is 16.7 Å². The maximum Gasteiger partial charge on any atom is 0.123 e. The van der Waals surface area contributed by atoms with Crippen LogP contribution in [0.25, 0.3) is 10.6 Å². The van der Waals surface area contributed by atoms with Crippen molar-refractivity contribution in [2.24, 2.45) is 0 Å². The fourth-order valence-corrected chi connectivity index (χ4v) is 2.70. The van der Waals surface area contributed by atoms with E-state index in [0.717, 1.165) is 21.1 Å². The number of nitrogens with zero attached hydrogens (tertiary/aromatic N) is 1. The predicted octanol–water partition coefficient (Wildman–Crippen LogP) is 3.48. The van der Waals surface area contributed by atoms with Gasteiger partial charge in [-0.2, -0.15) is 0 Å². The summed E-state index contributed by atoms with van der Waals surface area (Å²) in [4.78, 5) is 5.46. The monoisotopic (exact) mass is 233 g/mol. The highest BCUT2D eigenvalue weighted by molar-refractivity contribution is 7.15. The van der Waals surface area contributed by atoms with Crippen LogP contribution in [0.15, 0.2) is 24.3 Å². The van der Waals surface area contributed by atoms with E-state index in [0.29, 0.717) is 0 Å². The second-order valence-electron chi connectivity index (χ2n) is 4.01. The number of aryl methyl sites for hydroxylation is 2. The normalized spacial score (nSPS) is 12.8. The lowest BCUT2D eigenvalue weighted by Crippen LogP contribution is -1.88. The van der Waals surface area contributed by atoms with Crippen LogP contribution in [0.5, 0.6) is 0 Å². The number of thiazole rings is 1. The summed E-state index contributed by atoms with van der Waals surface area (Å²) in [7, 11) is 0. The molecule has 0 radical (unpaired) electrons. The lowest BCUT2D eigenvalue weighted by atomic mass is 10.1. The first-order valence-corrected chi connectivity index (χ1v) is 6.12. The lowest BCUT2D eigenvalue weighted by molar-refractivity contribution is 0.202. The Hall–Kier alpha value is -1.19. The van der Waals surface area contributed by atoms with Crippen molar-refractivity contribution in [1.82, 2.24) is 4.98 Å². The van der Waals surface area contributed by atoms with Crippen LogP contribution in [0.1, 0.15) is 29.2 Å². The Morgan fingerprint density at radius 3 is 2.62 bits per heavy atom. The summed E-state index contributed by atoms with van der Waals surface area (Å²) in [5, 5.41) is 10.6. The summed E-state index contributed by atoms with van der Waals surface area (Å²) in [5.74, 6) is 0. The van der Waals surface area contributed by atoms with Gasteiger partial charge in [-0.25, -0.2) is 4.98 Å². The van der Waals surface area contributed by atoms with Gasteiger partial charge >= 0.3 is 0 Å². The fraction of sp³-hybridized carbons (Fsp3) is 0.308. The third-order valence-electron chi connectivity index (χ3n) is 2.48. The van der Waals surface area contributed by atoms with Gasteiger partial charge in [0.2, 0.25) is 0 Å². The standard InChI is InChI=1S/C13H15NOS/c1-8-5-4-6-11(7-8)13-14-9(2)12(16-13)10(3)15/h4-7,10,15H,1-3H3/t10-/m0/s1. The van der Waals surface area contributed by atoms with Crippen molar-refractivity contribution in [2.75, 3.05) is 0 Å². The van der Waals surface area contributed by atoms with Gasteiger partial charge in [0.15, 0.2) is 0 Å². The topological polar surface area (TPSA) is 33.1 Å². The van der Waals surface area contributed by atoms with Gasteiger partial charge in [-0.05, 0) is 26.8 Å². The van der Waals surface area contributed by atoms with E-state index < -0.39 is 6.10 Å². The molecule has 0 fully saturated rings. The minimum Gasteiger partial charge on any atom is -0.388 e. The molecule has 16 heavy (non-hydrogen) atoms. The average molecular weight is 233 g/mol. The summed E-state index contributed by atoms with van der Waals surface area (Å²) in [6.07, 6.45) is -0.434. The highest BCUT2D eigenvalue weighted by atomic mass is 32.1. The summed E-state index contributed by atoms with van der Waals surface area (Å²) in [6.45, 7) is 5.79. The van der Waals surface area contributed by atoms with Crippen molar-refractivity contribution < 1.29 is 5.11 Å². The van der Waals surface area contributed by atoms with Crippen LogP contribution >= 0.6 is 11.3 Å². The van der Waals surface area contributed by atoms with Crippen molar-refractivity contribution >= 4 is 11.3 Å². The first kappa shape index (κ1) is 11.3. The molecule has 0 bridgehead atoms. The molecule has 1 atom stereocenters. The quantitative estimate of drug-likeness (QED) is 0.861. The molecule has 0 aliphatic carbocycles. The zero-order valence-electron chi connectivity index (χ0n) is 9.69. The number of rotatable bonds is 2. The third-order valence-corrected chi connectivity index (χ3v) is 3.85. The number of aliphatic hydroxyl groups excluding tert-OH is 1. The molecule has 0 saturated heterocycles. The van der Waals surface area contributed by atoms with Gasteiger partial charge < -0.3 is 5.11 Å². The molecular weight excluding hydrogens is 218 g/mol. The van der Waals surface area contributed by atoms with Crippen LogP contribution in [0.4, 0.5) is 0 Å². The van der Waals surface area contributed by atoms with Crippen molar-refractivity contribution in [2.45, 2.75) is 26.9 Å². The minimum atomic E-state index is -0.434. The van der Waals surface area contributed by atoms with E-state index in [9.17, 15) is 5.11 Å². The SMILES string of the molecule is Cc1cccc(-c2nc(C)c([C@H](C)O)s2)c1. The van der Waals surface area contributed by atoms with Crippen LogP contribution in [0.3, 0.4) is 0 Å². The molecule has 0 unspecified atom stereocenters. The number of hydrogen-bond donors (Lipinski definition) is 1. The van der Waals surface area contributed by atoms with Crippen LogP contribution in [0, 0.1) is 13.8 Å². The predicted molar refractivity (Wildman–Crippen MR) is 67.7 cm³/mol. The molecule has 2 aromatic rings. The summed E-state index contributed by atoms with van der Waals surface area (Å²) < 4.78 is 0. The minimum absolute atomic E-state index is 0.434. The first-order chi connectivity index (χ1) is 7.58. The van der Waals surface area contributed by atoms with Crippen LogP contribution in [-0.4, -0.2) is 10.1 Å². The van der Waals surface area contributed by atoms with E-state index in [1.165, 1.54) is 5.56 Å². The summed E-state index contributed by atoms with van der Waals surface area (Å²) in [6, 6.07) is 8.27. The van der Waals surface area contributed by atoms with Crippen molar-refractivity contribution in [3.05, 3.63) is 40.4 Å². The van der Waals surface area contributed by atoms with Crippen LogP contribution < -0.4 is 0 Å². The second kappa shape index (κ2) is 4.36. The molecule has 1 aromatic heterocycles. The maximum absolute atomic E-state index is 9.59. The van der Waals surface area contributed by atoms with Gasteiger partial charge in [0, 0.05) is 5.56 Å². The average Bonchev–Trinajstić information content (AvgIpc) is 2.60. The molecule has 1 heterocycles. The fourth-order valence-electron chi connectivity index (χ4n) is 1.70. The molecule has 0 amide bonds. The molecule has 3 heteroatoms. The van der Waals surface area contributed by atoms with E-state index in [1.54, 1.807) is 18.3 Å². The zero-order chi connectivity index (χ0) is 11.7. The van der Waals surface area contributed by atoms with E-state index in [1.807, 2.05) is 13.0 Å². The van der Waals surface area contributed by atoms with Gasteiger partial charge in [0.25, 0.3) is 0 Å². The molecule has 0 saturated carbocycles.